The summed E-state index contributed by atoms with van der Waals surface area (Å²) >= 11 is 0. The largest absolute Gasteiger partial charge is 0.497 e. The Morgan fingerprint density at radius 3 is 2.70 bits per heavy atom. The number of ether oxygens (including phenoxy) is 2. The Hall–Kier alpha value is -2.50. The van der Waals surface area contributed by atoms with Crippen molar-refractivity contribution in [3.8, 4) is 11.5 Å². The summed E-state index contributed by atoms with van der Waals surface area (Å²) in [5, 5.41) is 0. The number of fused-ring (bicyclic) bond motifs is 2. The second-order valence-electron chi connectivity index (χ2n) is 7.29. The van der Waals surface area contributed by atoms with E-state index in [1.165, 1.54) is 11.1 Å². The summed E-state index contributed by atoms with van der Waals surface area (Å²) < 4.78 is 11.9. The van der Waals surface area contributed by atoms with Gasteiger partial charge < -0.3 is 14.4 Å². The molecule has 27 heavy (non-hydrogen) atoms. The summed E-state index contributed by atoms with van der Waals surface area (Å²) in [7, 11) is 5.81. The third-order valence-corrected chi connectivity index (χ3v) is 5.10. The van der Waals surface area contributed by atoms with Crippen molar-refractivity contribution in [2.45, 2.75) is 18.4 Å². The first-order valence-electron chi connectivity index (χ1n) is 9.33. The van der Waals surface area contributed by atoms with Crippen molar-refractivity contribution in [1.29, 1.82) is 0 Å². The van der Waals surface area contributed by atoms with E-state index >= 15 is 0 Å². The van der Waals surface area contributed by atoms with Gasteiger partial charge in [-0.15, -0.1) is 0 Å². The Morgan fingerprint density at radius 1 is 1.15 bits per heavy atom. The topological polar surface area (TPSA) is 43.0 Å². The maximum atomic E-state index is 6.45. The molecular weight excluding hydrogens is 340 g/mol. The molecule has 1 fully saturated rings. The molecule has 2 aliphatic rings. The highest BCUT2D eigenvalue weighted by atomic mass is 16.6. The van der Waals surface area contributed by atoms with Gasteiger partial charge in [-0.2, -0.15) is 0 Å². The second kappa shape index (κ2) is 7.25. The molecule has 0 amide bonds. The van der Waals surface area contributed by atoms with Crippen molar-refractivity contribution >= 4 is 5.70 Å². The third kappa shape index (κ3) is 3.40. The summed E-state index contributed by atoms with van der Waals surface area (Å²) in [5.41, 5.74) is 7.23. The van der Waals surface area contributed by atoms with E-state index in [9.17, 15) is 0 Å². The lowest BCUT2D eigenvalue weighted by Gasteiger charge is -2.27. The molecule has 0 bridgehead atoms. The lowest BCUT2D eigenvalue weighted by molar-refractivity contribution is 0.0708. The fourth-order valence-electron chi connectivity index (χ4n) is 3.60. The number of benzene rings is 2. The van der Waals surface area contributed by atoms with Gasteiger partial charge in [-0.25, -0.2) is 0 Å². The van der Waals surface area contributed by atoms with E-state index in [1.807, 2.05) is 24.3 Å². The molecule has 142 valence electrons. The van der Waals surface area contributed by atoms with Crippen LogP contribution in [-0.4, -0.2) is 39.3 Å². The minimum absolute atomic E-state index is 0.377. The van der Waals surface area contributed by atoms with Crippen molar-refractivity contribution in [3.63, 3.8) is 0 Å². The van der Waals surface area contributed by atoms with Crippen LogP contribution in [0.5, 0.6) is 11.5 Å². The molecule has 5 heteroatoms. The van der Waals surface area contributed by atoms with Crippen LogP contribution in [0.15, 0.2) is 54.1 Å². The van der Waals surface area contributed by atoms with Gasteiger partial charge in [0.05, 0.1) is 19.4 Å². The normalized spacial score (nSPS) is 20.0. The van der Waals surface area contributed by atoms with E-state index in [-0.39, 0.29) is 5.60 Å². The summed E-state index contributed by atoms with van der Waals surface area (Å²) in [6.45, 7) is 1.64. The highest BCUT2D eigenvalue weighted by Crippen LogP contribution is 2.61. The van der Waals surface area contributed by atoms with Crippen LogP contribution in [0.1, 0.15) is 24.0 Å². The van der Waals surface area contributed by atoms with Crippen molar-refractivity contribution in [1.82, 2.24) is 10.4 Å². The predicted molar refractivity (Wildman–Crippen MR) is 106 cm³/mol. The molecule has 0 spiro atoms. The molecule has 2 aromatic carbocycles. The van der Waals surface area contributed by atoms with Gasteiger partial charge in [0.2, 0.25) is 0 Å². The zero-order chi connectivity index (χ0) is 18.9. The van der Waals surface area contributed by atoms with Gasteiger partial charge in [-0.1, -0.05) is 30.3 Å². The van der Waals surface area contributed by atoms with Gasteiger partial charge in [-0.3, -0.25) is 10.3 Å². The first-order valence-corrected chi connectivity index (χ1v) is 9.33. The van der Waals surface area contributed by atoms with Crippen LogP contribution >= 0.6 is 0 Å². The number of nitrogens with one attached hydrogen (secondary N) is 1. The number of nitrogens with zero attached hydrogens (tertiary/aromatic N) is 1. The fourth-order valence-corrected chi connectivity index (χ4v) is 3.60. The van der Waals surface area contributed by atoms with Gasteiger partial charge >= 0.3 is 0 Å². The molecule has 5 nitrogen and oxygen atoms in total. The highest BCUT2D eigenvalue weighted by Gasteiger charge is 2.58. The summed E-state index contributed by atoms with van der Waals surface area (Å²) in [6.07, 6.45) is 1.82. The third-order valence-electron chi connectivity index (χ3n) is 5.10. The summed E-state index contributed by atoms with van der Waals surface area (Å²) in [5.74, 6) is 1.65. The van der Waals surface area contributed by atoms with Crippen LogP contribution in [0.25, 0.3) is 5.70 Å². The number of hydrogen-bond donors (Lipinski definition) is 1. The van der Waals surface area contributed by atoms with Gasteiger partial charge in [0, 0.05) is 23.1 Å². The number of hydroxylamine groups is 1. The standard InChI is InChI=1S/C22H26N2O3/c1-24(2)12-7-13-26-23-21-18-14-17(25-3)10-11-20(18)27-22(15-19(21)22)16-8-5-4-6-9-16/h4-6,8-11,14,23H,7,12-13,15H2,1-3H3. The van der Waals surface area contributed by atoms with Crippen molar-refractivity contribution < 1.29 is 14.3 Å². The maximum Gasteiger partial charge on any atom is 0.162 e. The molecule has 1 unspecified atom stereocenters. The SMILES string of the molecule is COc1ccc2c(c1)C(NOCCCN(C)C)=C1CC1(c1ccccc1)O2. The van der Waals surface area contributed by atoms with E-state index in [0.717, 1.165) is 42.1 Å². The van der Waals surface area contributed by atoms with Gasteiger partial charge in [0.1, 0.15) is 11.5 Å². The number of rotatable bonds is 8. The zero-order valence-electron chi connectivity index (χ0n) is 16.1. The minimum Gasteiger partial charge on any atom is -0.497 e. The molecule has 1 saturated carbocycles. The van der Waals surface area contributed by atoms with Crippen molar-refractivity contribution in [3.05, 3.63) is 65.2 Å². The van der Waals surface area contributed by atoms with E-state index in [2.05, 4.69) is 48.7 Å². The summed E-state index contributed by atoms with van der Waals surface area (Å²) in [6, 6.07) is 16.3. The second-order valence-corrected chi connectivity index (χ2v) is 7.29. The lowest BCUT2D eigenvalue weighted by Crippen LogP contribution is -2.25. The minimum atomic E-state index is -0.377. The van der Waals surface area contributed by atoms with E-state index in [1.54, 1.807) is 7.11 Å². The zero-order valence-corrected chi connectivity index (χ0v) is 16.1. The summed E-state index contributed by atoms with van der Waals surface area (Å²) in [4.78, 5) is 7.95. The quantitative estimate of drug-likeness (QED) is 0.571. The molecule has 1 aliphatic heterocycles. The molecule has 2 aromatic rings. The number of hydrogen-bond acceptors (Lipinski definition) is 5. The molecule has 4 rings (SSSR count). The first kappa shape index (κ1) is 17.9. The van der Waals surface area contributed by atoms with Crippen LogP contribution in [0.3, 0.4) is 0 Å². The van der Waals surface area contributed by atoms with Crippen LogP contribution in [-0.2, 0) is 10.4 Å². The Labute approximate surface area is 160 Å². The Balaban J connectivity index is 1.61. The van der Waals surface area contributed by atoms with Crippen molar-refractivity contribution in [2.75, 3.05) is 34.4 Å². The van der Waals surface area contributed by atoms with E-state index in [0.29, 0.717) is 6.61 Å². The molecule has 1 N–H and O–H groups in total. The van der Waals surface area contributed by atoms with Crippen LogP contribution in [0.2, 0.25) is 0 Å². The predicted octanol–water partition coefficient (Wildman–Crippen LogP) is 3.57. The Morgan fingerprint density at radius 2 is 1.96 bits per heavy atom. The molecule has 1 aliphatic carbocycles. The lowest BCUT2D eigenvalue weighted by atomic mass is 10.0. The van der Waals surface area contributed by atoms with Gasteiger partial charge in [0.15, 0.2) is 5.60 Å². The van der Waals surface area contributed by atoms with Gasteiger partial charge in [0.25, 0.3) is 0 Å². The number of methoxy groups -OCH3 is 1. The average Bonchev–Trinajstić information content (AvgIpc) is 3.42. The monoisotopic (exact) mass is 366 g/mol. The van der Waals surface area contributed by atoms with E-state index < -0.39 is 0 Å². The molecule has 0 radical (unpaired) electrons. The Bertz CT molecular complexity index is 848. The van der Waals surface area contributed by atoms with Crippen molar-refractivity contribution in [2.24, 2.45) is 0 Å². The van der Waals surface area contributed by atoms with Crippen LogP contribution in [0, 0.1) is 0 Å². The van der Waals surface area contributed by atoms with Crippen LogP contribution < -0.4 is 15.0 Å². The van der Waals surface area contributed by atoms with Crippen LogP contribution in [0.4, 0.5) is 0 Å². The highest BCUT2D eigenvalue weighted by molar-refractivity contribution is 5.81. The van der Waals surface area contributed by atoms with E-state index in [4.69, 9.17) is 14.3 Å². The Kier molecular flexibility index (Phi) is 4.81. The average molecular weight is 366 g/mol. The first-order chi connectivity index (χ1) is 13.1. The smallest absolute Gasteiger partial charge is 0.162 e. The molecule has 0 aromatic heterocycles. The maximum absolute atomic E-state index is 6.45. The molecule has 0 saturated heterocycles. The molecular formula is C22H26N2O3. The molecule has 1 atom stereocenters. The van der Waals surface area contributed by atoms with Gasteiger partial charge in [-0.05, 0) is 45.3 Å². The molecule has 1 heterocycles. The fraction of sp³-hybridized carbons (Fsp3) is 0.364.